The lowest BCUT2D eigenvalue weighted by atomic mass is 10.3. The standard InChI is InChI=1S/C11H22N2OS/c1-4-7-13(10-5-6-10)11(15)12-9(2)8-14-3/h9-10H,4-8H2,1-3H3,(H,12,15). The van der Waals surface area contributed by atoms with Gasteiger partial charge in [0.2, 0.25) is 0 Å². The molecule has 1 aliphatic rings. The van der Waals surface area contributed by atoms with E-state index >= 15 is 0 Å². The molecule has 15 heavy (non-hydrogen) atoms. The third kappa shape index (κ3) is 4.34. The lowest BCUT2D eigenvalue weighted by molar-refractivity contribution is 0.177. The molecular formula is C11H22N2OS. The molecule has 3 nitrogen and oxygen atoms in total. The van der Waals surface area contributed by atoms with Crippen LogP contribution < -0.4 is 5.32 Å². The van der Waals surface area contributed by atoms with Gasteiger partial charge in [0.05, 0.1) is 6.61 Å². The highest BCUT2D eigenvalue weighted by molar-refractivity contribution is 7.80. The number of hydrogen-bond donors (Lipinski definition) is 1. The number of hydrogen-bond acceptors (Lipinski definition) is 2. The molecular weight excluding hydrogens is 208 g/mol. The molecule has 0 aliphatic heterocycles. The molecule has 0 spiro atoms. The van der Waals surface area contributed by atoms with Crippen molar-refractivity contribution in [2.45, 2.75) is 45.2 Å². The lowest BCUT2D eigenvalue weighted by Gasteiger charge is -2.27. The summed E-state index contributed by atoms with van der Waals surface area (Å²) in [5.74, 6) is 0. The van der Waals surface area contributed by atoms with Crippen LogP contribution in [-0.2, 0) is 4.74 Å². The first-order valence-electron chi connectivity index (χ1n) is 5.75. The van der Waals surface area contributed by atoms with Crippen molar-refractivity contribution in [1.29, 1.82) is 0 Å². The van der Waals surface area contributed by atoms with E-state index in [4.69, 9.17) is 17.0 Å². The second-order valence-corrected chi connectivity index (χ2v) is 4.62. The Morgan fingerprint density at radius 1 is 1.60 bits per heavy atom. The molecule has 1 atom stereocenters. The zero-order valence-electron chi connectivity index (χ0n) is 9.95. The molecule has 0 amide bonds. The summed E-state index contributed by atoms with van der Waals surface area (Å²) in [6.45, 7) is 6.05. The van der Waals surface area contributed by atoms with E-state index in [0.29, 0.717) is 18.7 Å². The number of nitrogens with one attached hydrogen (secondary N) is 1. The Kier molecular flexibility index (Phi) is 5.32. The Bertz CT molecular complexity index is 207. The van der Waals surface area contributed by atoms with Crippen LogP contribution in [0.1, 0.15) is 33.1 Å². The summed E-state index contributed by atoms with van der Waals surface area (Å²) < 4.78 is 5.08. The van der Waals surface area contributed by atoms with Crippen LogP contribution in [0, 0.1) is 0 Å². The fourth-order valence-electron chi connectivity index (χ4n) is 1.66. The molecule has 1 N–H and O–H groups in total. The molecule has 0 aromatic heterocycles. The Morgan fingerprint density at radius 2 is 2.27 bits per heavy atom. The van der Waals surface area contributed by atoms with Crippen molar-refractivity contribution in [3.63, 3.8) is 0 Å². The van der Waals surface area contributed by atoms with Gasteiger partial charge < -0.3 is 15.0 Å². The molecule has 1 aliphatic carbocycles. The van der Waals surface area contributed by atoms with Gasteiger partial charge in [0.1, 0.15) is 0 Å². The van der Waals surface area contributed by atoms with Crippen molar-refractivity contribution < 1.29 is 4.74 Å². The third-order valence-electron chi connectivity index (χ3n) is 2.50. The Hall–Kier alpha value is -0.350. The van der Waals surface area contributed by atoms with Gasteiger partial charge in [-0.25, -0.2) is 0 Å². The van der Waals surface area contributed by atoms with Gasteiger partial charge in [-0.05, 0) is 38.4 Å². The fourth-order valence-corrected chi connectivity index (χ4v) is 2.10. The molecule has 0 aromatic carbocycles. The molecule has 1 unspecified atom stereocenters. The topological polar surface area (TPSA) is 24.5 Å². The quantitative estimate of drug-likeness (QED) is 0.703. The second-order valence-electron chi connectivity index (χ2n) is 4.23. The maximum absolute atomic E-state index is 5.41. The molecule has 0 heterocycles. The number of rotatable bonds is 6. The molecule has 0 aromatic rings. The van der Waals surface area contributed by atoms with Crippen molar-refractivity contribution in [3.05, 3.63) is 0 Å². The molecule has 1 saturated carbocycles. The van der Waals surface area contributed by atoms with E-state index in [0.717, 1.165) is 18.1 Å². The number of ether oxygens (including phenoxy) is 1. The van der Waals surface area contributed by atoms with Crippen molar-refractivity contribution in [2.24, 2.45) is 0 Å². The monoisotopic (exact) mass is 230 g/mol. The predicted octanol–water partition coefficient (Wildman–Crippen LogP) is 1.77. The normalized spacial score (nSPS) is 17.3. The summed E-state index contributed by atoms with van der Waals surface area (Å²) in [6.07, 6.45) is 3.73. The number of methoxy groups -OCH3 is 1. The van der Waals surface area contributed by atoms with Gasteiger partial charge in [0.25, 0.3) is 0 Å². The van der Waals surface area contributed by atoms with Gasteiger partial charge in [-0.2, -0.15) is 0 Å². The maximum atomic E-state index is 5.41. The Labute approximate surface area is 98.2 Å². The SMILES string of the molecule is CCCN(C(=S)NC(C)COC)C1CC1. The molecule has 0 bridgehead atoms. The minimum atomic E-state index is 0.292. The van der Waals surface area contributed by atoms with Gasteiger partial charge in [-0.15, -0.1) is 0 Å². The van der Waals surface area contributed by atoms with Crippen LogP contribution in [-0.4, -0.2) is 42.4 Å². The maximum Gasteiger partial charge on any atom is 0.169 e. The third-order valence-corrected chi connectivity index (χ3v) is 2.85. The summed E-state index contributed by atoms with van der Waals surface area (Å²) in [4.78, 5) is 2.32. The van der Waals surface area contributed by atoms with Gasteiger partial charge in [-0.1, -0.05) is 6.92 Å². The molecule has 0 radical (unpaired) electrons. The smallest absolute Gasteiger partial charge is 0.169 e. The summed E-state index contributed by atoms with van der Waals surface area (Å²) in [6, 6.07) is 0.986. The van der Waals surface area contributed by atoms with Gasteiger partial charge in [0, 0.05) is 25.7 Å². The average Bonchev–Trinajstić information content (AvgIpc) is 2.97. The minimum Gasteiger partial charge on any atom is -0.383 e. The van der Waals surface area contributed by atoms with Crippen LogP contribution in [0.15, 0.2) is 0 Å². The van der Waals surface area contributed by atoms with E-state index in [-0.39, 0.29) is 0 Å². The lowest BCUT2D eigenvalue weighted by Crippen LogP contribution is -2.46. The first-order chi connectivity index (χ1) is 7.19. The van der Waals surface area contributed by atoms with Crippen LogP contribution in [0.3, 0.4) is 0 Å². The summed E-state index contributed by atoms with van der Waals surface area (Å²) in [7, 11) is 1.71. The number of nitrogens with zero attached hydrogens (tertiary/aromatic N) is 1. The van der Waals surface area contributed by atoms with E-state index in [2.05, 4.69) is 24.1 Å². The largest absolute Gasteiger partial charge is 0.383 e. The predicted molar refractivity (Wildman–Crippen MR) is 67.1 cm³/mol. The van der Waals surface area contributed by atoms with E-state index in [9.17, 15) is 0 Å². The molecule has 4 heteroatoms. The zero-order valence-corrected chi connectivity index (χ0v) is 10.8. The van der Waals surface area contributed by atoms with E-state index in [1.165, 1.54) is 12.8 Å². The van der Waals surface area contributed by atoms with Crippen molar-refractivity contribution in [2.75, 3.05) is 20.3 Å². The average molecular weight is 230 g/mol. The van der Waals surface area contributed by atoms with Gasteiger partial charge in [-0.3, -0.25) is 0 Å². The fraction of sp³-hybridized carbons (Fsp3) is 0.909. The zero-order chi connectivity index (χ0) is 11.3. The summed E-state index contributed by atoms with van der Waals surface area (Å²) in [5, 5.41) is 4.21. The van der Waals surface area contributed by atoms with Crippen molar-refractivity contribution in [3.8, 4) is 0 Å². The van der Waals surface area contributed by atoms with E-state index in [1.807, 2.05) is 0 Å². The van der Waals surface area contributed by atoms with Crippen LogP contribution >= 0.6 is 12.2 Å². The molecule has 1 rings (SSSR count). The Balaban J connectivity index is 2.34. The van der Waals surface area contributed by atoms with Crippen molar-refractivity contribution >= 4 is 17.3 Å². The molecule has 88 valence electrons. The highest BCUT2D eigenvalue weighted by Gasteiger charge is 2.30. The molecule has 0 saturated heterocycles. The highest BCUT2D eigenvalue weighted by Crippen LogP contribution is 2.26. The second kappa shape index (κ2) is 6.28. The summed E-state index contributed by atoms with van der Waals surface area (Å²) >= 11 is 5.41. The highest BCUT2D eigenvalue weighted by atomic mass is 32.1. The number of thiocarbonyl (C=S) groups is 1. The summed E-state index contributed by atoms with van der Waals surface area (Å²) in [5.41, 5.74) is 0. The minimum absolute atomic E-state index is 0.292. The van der Waals surface area contributed by atoms with Crippen LogP contribution in [0.5, 0.6) is 0 Å². The molecule has 1 fully saturated rings. The van der Waals surface area contributed by atoms with Gasteiger partial charge >= 0.3 is 0 Å². The Morgan fingerprint density at radius 3 is 2.73 bits per heavy atom. The first kappa shape index (κ1) is 12.7. The van der Waals surface area contributed by atoms with Crippen LogP contribution in [0.25, 0.3) is 0 Å². The first-order valence-corrected chi connectivity index (χ1v) is 6.16. The van der Waals surface area contributed by atoms with Crippen molar-refractivity contribution in [1.82, 2.24) is 10.2 Å². The van der Waals surface area contributed by atoms with E-state index < -0.39 is 0 Å². The van der Waals surface area contributed by atoms with Crippen LogP contribution in [0.2, 0.25) is 0 Å². The van der Waals surface area contributed by atoms with E-state index in [1.54, 1.807) is 7.11 Å². The van der Waals surface area contributed by atoms with Gasteiger partial charge in [0.15, 0.2) is 5.11 Å². The van der Waals surface area contributed by atoms with Crippen LogP contribution in [0.4, 0.5) is 0 Å².